The molecule has 2 aromatic carbocycles. The molecule has 1 fully saturated rings. The fourth-order valence-corrected chi connectivity index (χ4v) is 4.21. The first-order valence-corrected chi connectivity index (χ1v) is 11.6. The molecule has 0 aromatic heterocycles. The maximum Gasteiger partial charge on any atom is 0.251 e. The fourth-order valence-electron chi connectivity index (χ4n) is 3.15. The summed E-state index contributed by atoms with van der Waals surface area (Å²) in [6.45, 7) is 3.90. The highest BCUT2D eigenvalue weighted by molar-refractivity contribution is 7.89. The van der Waals surface area contributed by atoms with Crippen LogP contribution in [-0.4, -0.2) is 46.7 Å². The van der Waals surface area contributed by atoms with Crippen LogP contribution >= 0.6 is 0 Å². The number of amides is 1. The van der Waals surface area contributed by atoms with Crippen molar-refractivity contribution in [2.75, 3.05) is 26.3 Å². The van der Waals surface area contributed by atoms with Crippen LogP contribution in [-0.2, 0) is 14.8 Å². The van der Waals surface area contributed by atoms with Crippen molar-refractivity contribution in [2.24, 2.45) is 0 Å². The molecule has 1 aliphatic rings. The van der Waals surface area contributed by atoms with Crippen LogP contribution < -0.4 is 14.8 Å². The van der Waals surface area contributed by atoms with Crippen molar-refractivity contribution >= 4 is 15.9 Å². The van der Waals surface area contributed by atoms with Gasteiger partial charge in [-0.15, -0.1) is 0 Å². The Balaban J connectivity index is 1.41. The van der Waals surface area contributed by atoms with E-state index in [1.165, 1.54) is 24.3 Å². The molecule has 1 saturated heterocycles. The molecule has 0 aliphatic carbocycles. The Morgan fingerprint density at radius 3 is 2.70 bits per heavy atom. The predicted molar refractivity (Wildman–Crippen MR) is 114 cm³/mol. The van der Waals surface area contributed by atoms with Gasteiger partial charge in [0, 0.05) is 25.3 Å². The van der Waals surface area contributed by atoms with Crippen LogP contribution in [0.4, 0.5) is 0 Å². The molecule has 1 atom stereocenters. The van der Waals surface area contributed by atoms with Crippen LogP contribution in [0.3, 0.4) is 0 Å². The Kier molecular flexibility index (Phi) is 7.84. The van der Waals surface area contributed by atoms with E-state index in [4.69, 9.17) is 9.47 Å². The second-order valence-corrected chi connectivity index (χ2v) is 9.05. The first-order valence-electron chi connectivity index (χ1n) is 10.1. The van der Waals surface area contributed by atoms with E-state index in [1.807, 2.05) is 31.2 Å². The zero-order valence-electron chi connectivity index (χ0n) is 17.1. The SMILES string of the molecule is Cc1cccc(OCCCNC(=O)c2ccc(S(=O)(=O)NCC3CCCO3)cc2)c1. The minimum absolute atomic E-state index is 0.0697. The van der Waals surface area contributed by atoms with Gasteiger partial charge in [-0.3, -0.25) is 4.79 Å². The molecule has 162 valence electrons. The highest BCUT2D eigenvalue weighted by Gasteiger charge is 2.20. The third kappa shape index (κ3) is 6.55. The Hall–Kier alpha value is -2.42. The predicted octanol–water partition coefficient (Wildman–Crippen LogP) is 2.65. The van der Waals surface area contributed by atoms with Crippen LogP contribution in [0.25, 0.3) is 0 Å². The molecule has 1 unspecified atom stereocenters. The lowest BCUT2D eigenvalue weighted by atomic mass is 10.2. The van der Waals surface area contributed by atoms with Crippen molar-refractivity contribution in [2.45, 2.75) is 37.2 Å². The van der Waals surface area contributed by atoms with Crippen molar-refractivity contribution in [3.63, 3.8) is 0 Å². The number of hydrogen-bond donors (Lipinski definition) is 2. The molecule has 8 heteroatoms. The molecule has 1 heterocycles. The molecule has 0 bridgehead atoms. The lowest BCUT2D eigenvalue weighted by molar-refractivity contribution is 0.0951. The summed E-state index contributed by atoms with van der Waals surface area (Å²) >= 11 is 0. The van der Waals surface area contributed by atoms with Crippen molar-refractivity contribution < 1.29 is 22.7 Å². The van der Waals surface area contributed by atoms with E-state index in [2.05, 4.69) is 10.0 Å². The van der Waals surface area contributed by atoms with E-state index < -0.39 is 10.0 Å². The van der Waals surface area contributed by atoms with E-state index >= 15 is 0 Å². The normalized spacial score (nSPS) is 16.4. The lowest BCUT2D eigenvalue weighted by Gasteiger charge is -2.12. The van der Waals surface area contributed by atoms with Crippen LogP contribution in [0.2, 0.25) is 0 Å². The molecule has 0 radical (unpaired) electrons. The minimum atomic E-state index is -3.62. The molecule has 1 amide bonds. The minimum Gasteiger partial charge on any atom is -0.494 e. The van der Waals surface area contributed by atoms with Crippen LogP contribution in [0, 0.1) is 6.92 Å². The summed E-state index contributed by atoms with van der Waals surface area (Å²) in [5.74, 6) is 0.563. The van der Waals surface area contributed by atoms with E-state index in [1.54, 1.807) is 0 Å². The molecular weight excluding hydrogens is 404 g/mol. The summed E-state index contributed by atoms with van der Waals surface area (Å²) in [5, 5.41) is 2.82. The average Bonchev–Trinajstić information content (AvgIpc) is 3.26. The molecule has 2 aromatic rings. The summed E-state index contributed by atoms with van der Waals surface area (Å²) < 4.78 is 38.4. The van der Waals surface area contributed by atoms with Crippen LogP contribution in [0.1, 0.15) is 35.2 Å². The van der Waals surface area contributed by atoms with E-state index in [0.717, 1.165) is 24.2 Å². The monoisotopic (exact) mass is 432 g/mol. The number of hydrogen-bond acceptors (Lipinski definition) is 5. The zero-order chi connectivity index (χ0) is 21.4. The van der Waals surface area contributed by atoms with E-state index in [-0.39, 0.29) is 23.5 Å². The van der Waals surface area contributed by atoms with Crippen LogP contribution in [0.5, 0.6) is 5.75 Å². The number of aryl methyl sites for hydroxylation is 1. The van der Waals surface area contributed by atoms with Gasteiger partial charge in [-0.1, -0.05) is 12.1 Å². The second-order valence-electron chi connectivity index (χ2n) is 7.29. The first-order chi connectivity index (χ1) is 14.4. The molecule has 0 spiro atoms. The Morgan fingerprint density at radius 1 is 1.20 bits per heavy atom. The van der Waals surface area contributed by atoms with Crippen molar-refractivity contribution in [3.8, 4) is 5.75 Å². The van der Waals surface area contributed by atoms with E-state index in [0.29, 0.717) is 31.7 Å². The van der Waals surface area contributed by atoms with Gasteiger partial charge in [-0.05, 0) is 68.1 Å². The number of ether oxygens (including phenoxy) is 2. The van der Waals surface area contributed by atoms with Crippen LogP contribution in [0.15, 0.2) is 53.4 Å². The summed E-state index contributed by atoms with van der Waals surface area (Å²) in [5.41, 5.74) is 1.54. The Bertz CT molecular complexity index is 938. The standard InChI is InChI=1S/C22H28N2O5S/c1-17-5-2-6-19(15-17)28-14-4-12-23-22(25)18-8-10-21(11-9-18)30(26,27)24-16-20-7-3-13-29-20/h2,5-6,8-11,15,20,24H,3-4,7,12-14,16H2,1H3,(H,23,25). The Morgan fingerprint density at radius 2 is 2.00 bits per heavy atom. The number of sulfonamides is 1. The maximum atomic E-state index is 12.4. The molecule has 3 rings (SSSR count). The quantitative estimate of drug-likeness (QED) is 0.563. The maximum absolute atomic E-state index is 12.4. The van der Waals surface area contributed by atoms with Gasteiger partial charge in [0.25, 0.3) is 5.91 Å². The molecule has 30 heavy (non-hydrogen) atoms. The highest BCUT2D eigenvalue weighted by atomic mass is 32.2. The summed E-state index contributed by atoms with van der Waals surface area (Å²) in [7, 11) is -3.62. The van der Waals surface area contributed by atoms with Gasteiger partial charge in [-0.25, -0.2) is 13.1 Å². The van der Waals surface area contributed by atoms with Crippen molar-refractivity contribution in [3.05, 3.63) is 59.7 Å². The number of nitrogens with one attached hydrogen (secondary N) is 2. The van der Waals surface area contributed by atoms with Gasteiger partial charge in [0.1, 0.15) is 5.75 Å². The Labute approximate surface area is 177 Å². The van der Waals surface area contributed by atoms with Gasteiger partial charge in [0.2, 0.25) is 10.0 Å². The average molecular weight is 433 g/mol. The fraction of sp³-hybridized carbons (Fsp3) is 0.409. The lowest BCUT2D eigenvalue weighted by Crippen LogP contribution is -2.32. The summed E-state index contributed by atoms with van der Waals surface area (Å²) in [6.07, 6.45) is 2.41. The number of rotatable bonds is 10. The number of carbonyl (C=O) groups is 1. The largest absolute Gasteiger partial charge is 0.494 e. The van der Waals surface area contributed by atoms with E-state index in [9.17, 15) is 13.2 Å². The van der Waals surface area contributed by atoms with Gasteiger partial charge in [-0.2, -0.15) is 0 Å². The van der Waals surface area contributed by atoms with Gasteiger partial charge >= 0.3 is 0 Å². The highest BCUT2D eigenvalue weighted by Crippen LogP contribution is 2.14. The molecule has 0 saturated carbocycles. The first kappa shape index (κ1) is 22.3. The summed E-state index contributed by atoms with van der Waals surface area (Å²) in [4.78, 5) is 12.4. The molecular formula is C22H28N2O5S. The third-order valence-corrected chi connectivity index (χ3v) is 6.26. The number of carbonyl (C=O) groups excluding carboxylic acids is 1. The van der Waals surface area contributed by atoms with Gasteiger partial charge in [0.15, 0.2) is 0 Å². The topological polar surface area (TPSA) is 93.7 Å². The molecule has 7 nitrogen and oxygen atoms in total. The zero-order valence-corrected chi connectivity index (χ0v) is 17.9. The smallest absolute Gasteiger partial charge is 0.251 e. The van der Waals surface area contributed by atoms with Crippen molar-refractivity contribution in [1.82, 2.24) is 10.0 Å². The van der Waals surface area contributed by atoms with Gasteiger partial charge < -0.3 is 14.8 Å². The molecule has 1 aliphatic heterocycles. The van der Waals surface area contributed by atoms with Gasteiger partial charge in [0.05, 0.1) is 17.6 Å². The summed E-state index contributed by atoms with van der Waals surface area (Å²) in [6, 6.07) is 13.7. The van der Waals surface area contributed by atoms with Crippen molar-refractivity contribution in [1.29, 1.82) is 0 Å². The third-order valence-electron chi connectivity index (χ3n) is 4.82. The second kappa shape index (κ2) is 10.6. The molecule has 2 N–H and O–H groups in total. The number of benzene rings is 2.